The molecule has 0 fully saturated rings. The largest absolute Gasteiger partial charge is 0.355 e. The summed E-state index contributed by atoms with van der Waals surface area (Å²) in [5.41, 5.74) is 1.27. The molecule has 1 N–H and O–H groups in total. The third-order valence-electron chi connectivity index (χ3n) is 3.36. The van der Waals surface area contributed by atoms with E-state index in [-0.39, 0.29) is 0 Å². The quantitative estimate of drug-likeness (QED) is 0.750. The molecular weight excluding hydrogens is 260 g/mol. The minimum Gasteiger partial charge on any atom is -0.355 e. The van der Waals surface area contributed by atoms with Crippen LogP contribution in [0.25, 0.3) is 0 Å². The van der Waals surface area contributed by atoms with E-state index >= 15 is 0 Å². The van der Waals surface area contributed by atoms with E-state index in [1.807, 2.05) is 18.3 Å². The number of nitrogens with zero attached hydrogens (tertiary/aromatic N) is 3. The third-order valence-corrected chi connectivity index (χ3v) is 3.36. The summed E-state index contributed by atoms with van der Waals surface area (Å²) in [6.45, 7) is 3.97. The van der Waals surface area contributed by atoms with Crippen LogP contribution in [0.4, 0.5) is 11.8 Å². The average Bonchev–Trinajstić information content (AvgIpc) is 2.53. The Kier molecular flexibility index (Phi) is 6.00. The van der Waals surface area contributed by atoms with Crippen LogP contribution < -0.4 is 10.2 Å². The predicted octanol–water partition coefficient (Wildman–Crippen LogP) is 3.72. The van der Waals surface area contributed by atoms with E-state index in [1.54, 1.807) is 0 Å². The Bertz CT molecular complexity index is 527. The number of rotatable bonds is 8. The maximum Gasteiger partial charge on any atom is 0.224 e. The first kappa shape index (κ1) is 15.3. The number of benzene rings is 1. The molecule has 1 aromatic heterocycles. The van der Waals surface area contributed by atoms with E-state index in [0.717, 1.165) is 25.3 Å². The van der Waals surface area contributed by atoms with Crippen LogP contribution in [0.3, 0.4) is 0 Å². The fourth-order valence-corrected chi connectivity index (χ4v) is 2.16. The monoisotopic (exact) mass is 284 g/mol. The maximum atomic E-state index is 4.57. The molecule has 21 heavy (non-hydrogen) atoms. The smallest absolute Gasteiger partial charge is 0.224 e. The zero-order chi connectivity index (χ0) is 14.9. The van der Waals surface area contributed by atoms with Crippen molar-refractivity contribution in [1.29, 1.82) is 0 Å². The van der Waals surface area contributed by atoms with E-state index in [0.29, 0.717) is 5.95 Å². The van der Waals surface area contributed by atoms with Gasteiger partial charge in [-0.2, -0.15) is 4.98 Å². The number of anilines is 2. The highest BCUT2D eigenvalue weighted by atomic mass is 15.2. The summed E-state index contributed by atoms with van der Waals surface area (Å²) in [7, 11) is 2.05. The Hall–Kier alpha value is -2.10. The molecule has 4 heteroatoms. The topological polar surface area (TPSA) is 41.1 Å². The summed E-state index contributed by atoms with van der Waals surface area (Å²) in [6.07, 6.45) is 5.43. The number of nitrogens with one attached hydrogen (secondary N) is 1. The molecule has 0 atom stereocenters. The maximum absolute atomic E-state index is 4.57. The standard InChI is InChI=1S/C17H24N4/c1-3-4-8-12-18-17-19-13-11-16(20-17)21(2)14-15-9-6-5-7-10-15/h5-7,9-11,13H,3-4,8,12,14H2,1-2H3,(H,18,19,20). The van der Waals surface area contributed by atoms with Crippen LogP contribution in [-0.4, -0.2) is 23.6 Å². The van der Waals surface area contributed by atoms with Gasteiger partial charge in [0.15, 0.2) is 0 Å². The number of hydrogen-bond acceptors (Lipinski definition) is 4. The fourth-order valence-electron chi connectivity index (χ4n) is 2.16. The molecule has 0 aliphatic carbocycles. The molecule has 0 amide bonds. The lowest BCUT2D eigenvalue weighted by Crippen LogP contribution is -2.18. The molecule has 0 spiro atoms. The first-order chi connectivity index (χ1) is 10.3. The van der Waals surface area contributed by atoms with Crippen molar-refractivity contribution in [1.82, 2.24) is 9.97 Å². The van der Waals surface area contributed by atoms with Gasteiger partial charge in [0, 0.05) is 26.3 Å². The second-order valence-corrected chi connectivity index (χ2v) is 5.21. The predicted molar refractivity (Wildman–Crippen MR) is 88.6 cm³/mol. The molecule has 2 aromatic rings. The Morgan fingerprint density at radius 3 is 2.67 bits per heavy atom. The van der Waals surface area contributed by atoms with Gasteiger partial charge in [-0.25, -0.2) is 4.98 Å². The van der Waals surface area contributed by atoms with Gasteiger partial charge < -0.3 is 10.2 Å². The van der Waals surface area contributed by atoms with Crippen molar-refractivity contribution >= 4 is 11.8 Å². The molecule has 1 heterocycles. The van der Waals surface area contributed by atoms with Gasteiger partial charge in [-0.3, -0.25) is 0 Å². The summed E-state index contributed by atoms with van der Waals surface area (Å²) in [6, 6.07) is 12.4. The lowest BCUT2D eigenvalue weighted by Gasteiger charge is -2.18. The van der Waals surface area contributed by atoms with Crippen molar-refractivity contribution in [3.05, 3.63) is 48.2 Å². The van der Waals surface area contributed by atoms with Crippen LogP contribution in [0.15, 0.2) is 42.6 Å². The SMILES string of the molecule is CCCCCNc1nccc(N(C)Cc2ccccc2)n1. The van der Waals surface area contributed by atoms with Crippen LogP contribution in [0, 0.1) is 0 Å². The second-order valence-electron chi connectivity index (χ2n) is 5.21. The molecule has 0 saturated carbocycles. The molecule has 0 unspecified atom stereocenters. The normalized spacial score (nSPS) is 10.4. The molecule has 112 valence electrons. The van der Waals surface area contributed by atoms with Gasteiger partial charge in [-0.05, 0) is 18.1 Å². The summed E-state index contributed by atoms with van der Waals surface area (Å²) >= 11 is 0. The summed E-state index contributed by atoms with van der Waals surface area (Å²) < 4.78 is 0. The third kappa shape index (κ3) is 5.06. The molecule has 0 aliphatic heterocycles. The summed E-state index contributed by atoms with van der Waals surface area (Å²) in [5, 5.41) is 3.29. The van der Waals surface area contributed by atoms with E-state index in [4.69, 9.17) is 0 Å². The lowest BCUT2D eigenvalue weighted by molar-refractivity contribution is 0.740. The lowest BCUT2D eigenvalue weighted by atomic mass is 10.2. The minimum absolute atomic E-state index is 0.712. The highest BCUT2D eigenvalue weighted by molar-refractivity contribution is 5.42. The minimum atomic E-state index is 0.712. The van der Waals surface area contributed by atoms with E-state index in [2.05, 4.69) is 58.4 Å². The molecular formula is C17H24N4. The summed E-state index contributed by atoms with van der Waals surface area (Å²) in [4.78, 5) is 11.0. The summed E-state index contributed by atoms with van der Waals surface area (Å²) in [5.74, 6) is 1.65. The van der Waals surface area contributed by atoms with Crippen molar-refractivity contribution in [2.45, 2.75) is 32.7 Å². The van der Waals surface area contributed by atoms with Crippen molar-refractivity contribution in [3.8, 4) is 0 Å². The van der Waals surface area contributed by atoms with Gasteiger partial charge in [-0.1, -0.05) is 50.1 Å². The molecule has 0 radical (unpaired) electrons. The van der Waals surface area contributed by atoms with Gasteiger partial charge >= 0.3 is 0 Å². The molecule has 4 nitrogen and oxygen atoms in total. The Morgan fingerprint density at radius 1 is 1.10 bits per heavy atom. The molecule has 2 rings (SSSR count). The van der Waals surface area contributed by atoms with E-state index in [1.165, 1.54) is 18.4 Å². The Balaban J connectivity index is 1.93. The molecule has 0 saturated heterocycles. The fraction of sp³-hybridized carbons (Fsp3) is 0.412. The van der Waals surface area contributed by atoms with E-state index < -0.39 is 0 Å². The zero-order valence-corrected chi connectivity index (χ0v) is 12.9. The van der Waals surface area contributed by atoms with Crippen LogP contribution in [-0.2, 0) is 6.54 Å². The highest BCUT2D eigenvalue weighted by Crippen LogP contribution is 2.13. The first-order valence-corrected chi connectivity index (χ1v) is 7.61. The van der Waals surface area contributed by atoms with Crippen molar-refractivity contribution < 1.29 is 0 Å². The first-order valence-electron chi connectivity index (χ1n) is 7.61. The van der Waals surface area contributed by atoms with E-state index in [9.17, 15) is 0 Å². The van der Waals surface area contributed by atoms with Crippen LogP contribution in [0.2, 0.25) is 0 Å². The Morgan fingerprint density at radius 2 is 1.90 bits per heavy atom. The molecule has 0 bridgehead atoms. The van der Waals surface area contributed by atoms with Gasteiger partial charge in [0.05, 0.1) is 0 Å². The Labute approximate surface area is 127 Å². The zero-order valence-electron chi connectivity index (χ0n) is 12.9. The molecule has 1 aromatic carbocycles. The average molecular weight is 284 g/mol. The van der Waals surface area contributed by atoms with Crippen LogP contribution in [0.1, 0.15) is 31.7 Å². The van der Waals surface area contributed by atoms with Crippen LogP contribution >= 0.6 is 0 Å². The van der Waals surface area contributed by atoms with Crippen molar-refractivity contribution in [3.63, 3.8) is 0 Å². The van der Waals surface area contributed by atoms with Gasteiger partial charge in [-0.15, -0.1) is 0 Å². The molecule has 0 aliphatic rings. The second kappa shape index (κ2) is 8.25. The van der Waals surface area contributed by atoms with Crippen molar-refractivity contribution in [2.24, 2.45) is 0 Å². The van der Waals surface area contributed by atoms with Gasteiger partial charge in [0.25, 0.3) is 0 Å². The van der Waals surface area contributed by atoms with Gasteiger partial charge in [0.1, 0.15) is 5.82 Å². The van der Waals surface area contributed by atoms with Crippen LogP contribution in [0.5, 0.6) is 0 Å². The number of hydrogen-bond donors (Lipinski definition) is 1. The van der Waals surface area contributed by atoms with Crippen molar-refractivity contribution in [2.75, 3.05) is 23.8 Å². The van der Waals surface area contributed by atoms with Gasteiger partial charge in [0.2, 0.25) is 5.95 Å². The number of aromatic nitrogens is 2. The number of unbranched alkanes of at least 4 members (excludes halogenated alkanes) is 2. The highest BCUT2D eigenvalue weighted by Gasteiger charge is 2.05.